The van der Waals surface area contributed by atoms with E-state index in [2.05, 4.69) is 24.3 Å². The molecule has 1 saturated carbocycles. The van der Waals surface area contributed by atoms with Crippen molar-refractivity contribution in [3.8, 4) is 0 Å². The van der Waals surface area contributed by atoms with Crippen molar-refractivity contribution in [1.82, 2.24) is 15.1 Å². The van der Waals surface area contributed by atoms with Crippen LogP contribution >= 0.6 is 11.3 Å². The molecule has 1 aromatic carbocycles. The maximum Gasteiger partial charge on any atom is 0.276 e. The van der Waals surface area contributed by atoms with E-state index >= 15 is 0 Å². The van der Waals surface area contributed by atoms with E-state index < -0.39 is 6.04 Å². The van der Waals surface area contributed by atoms with Gasteiger partial charge in [0.05, 0.1) is 15.8 Å². The molecule has 2 aromatic heterocycles. The molecule has 1 amide bonds. The van der Waals surface area contributed by atoms with E-state index in [1.807, 2.05) is 38.1 Å². The lowest BCUT2D eigenvalue weighted by Gasteiger charge is -2.35. The van der Waals surface area contributed by atoms with Gasteiger partial charge >= 0.3 is 0 Å². The summed E-state index contributed by atoms with van der Waals surface area (Å²) in [7, 11) is 0. The summed E-state index contributed by atoms with van der Waals surface area (Å²) in [5.41, 5.74) is 0.627. The number of aryl methyl sites for hydroxylation is 1. The summed E-state index contributed by atoms with van der Waals surface area (Å²) in [6.45, 7) is 8.33. The van der Waals surface area contributed by atoms with Gasteiger partial charge in [0.25, 0.3) is 5.56 Å². The van der Waals surface area contributed by atoms with Crippen molar-refractivity contribution < 1.29 is 4.79 Å². The van der Waals surface area contributed by atoms with Crippen LogP contribution in [-0.4, -0.2) is 21.7 Å². The summed E-state index contributed by atoms with van der Waals surface area (Å²) in [5, 5.41) is 9.44. The van der Waals surface area contributed by atoms with Gasteiger partial charge in [0.1, 0.15) is 6.04 Å². The molecule has 2 heterocycles. The molecule has 0 bridgehead atoms. The molecule has 1 N–H and O–H groups in total. The largest absolute Gasteiger partial charge is 0.351 e. The molecule has 4 atom stereocenters. The summed E-state index contributed by atoms with van der Waals surface area (Å²) in [6, 6.07) is 7.51. The van der Waals surface area contributed by atoms with Crippen molar-refractivity contribution in [2.45, 2.75) is 65.5 Å². The molecule has 5 nitrogen and oxygen atoms in total. The molecular formula is C23H29N3O2S. The fraction of sp³-hybridized carbons (Fsp3) is 0.522. The third-order valence-corrected chi connectivity index (χ3v) is 7.90. The molecule has 4 rings (SSSR count). The first kappa shape index (κ1) is 20.1. The van der Waals surface area contributed by atoms with Crippen molar-refractivity contribution in [3.05, 3.63) is 40.3 Å². The van der Waals surface area contributed by atoms with Crippen LogP contribution in [0.2, 0.25) is 0 Å². The topological polar surface area (TPSA) is 64.0 Å². The van der Waals surface area contributed by atoms with Crippen LogP contribution in [0.3, 0.4) is 0 Å². The number of thiophene rings is 1. The molecule has 154 valence electrons. The lowest BCUT2D eigenvalue weighted by atomic mass is 9.78. The fourth-order valence-corrected chi connectivity index (χ4v) is 5.76. The molecule has 0 spiro atoms. The standard InChI is InChI=1S/C23H29N3O2S/c1-5-18(22(27)24-17-11-8-9-13(2)14(17)3)26-23(28)20-16-10-6-7-12-19(16)29-21(20)15(4)25-26/h6-7,10,12-14,17-18H,5,8-9,11H2,1-4H3,(H,24,27)/t13-,14+,17+,18+/m0/s1. The van der Waals surface area contributed by atoms with Gasteiger partial charge in [-0.2, -0.15) is 5.10 Å². The summed E-state index contributed by atoms with van der Waals surface area (Å²) in [4.78, 5) is 26.6. The third kappa shape index (κ3) is 3.48. The number of hydrogen-bond acceptors (Lipinski definition) is 4. The molecule has 29 heavy (non-hydrogen) atoms. The Morgan fingerprint density at radius 3 is 2.83 bits per heavy atom. The molecule has 0 radical (unpaired) electrons. The second-order valence-electron chi connectivity index (χ2n) is 8.44. The first-order valence-electron chi connectivity index (χ1n) is 10.6. The molecule has 0 aliphatic heterocycles. The number of nitrogens with zero attached hydrogens (tertiary/aromatic N) is 2. The molecule has 1 aliphatic rings. The maximum atomic E-state index is 13.4. The molecule has 1 fully saturated rings. The minimum absolute atomic E-state index is 0.0914. The maximum absolute atomic E-state index is 13.4. The fourth-order valence-electron chi connectivity index (χ4n) is 4.62. The zero-order valence-corrected chi connectivity index (χ0v) is 18.4. The number of fused-ring (bicyclic) bond motifs is 3. The number of aromatic nitrogens is 2. The van der Waals surface area contributed by atoms with Gasteiger partial charge in [0, 0.05) is 16.1 Å². The zero-order valence-electron chi connectivity index (χ0n) is 17.6. The first-order chi connectivity index (χ1) is 13.9. The van der Waals surface area contributed by atoms with E-state index in [1.165, 1.54) is 11.1 Å². The second kappa shape index (κ2) is 7.90. The van der Waals surface area contributed by atoms with Gasteiger partial charge in [-0.1, -0.05) is 51.8 Å². The highest BCUT2D eigenvalue weighted by Crippen LogP contribution is 2.33. The van der Waals surface area contributed by atoms with Crippen molar-refractivity contribution in [2.24, 2.45) is 11.8 Å². The van der Waals surface area contributed by atoms with Crippen molar-refractivity contribution in [1.29, 1.82) is 0 Å². The number of nitrogens with one attached hydrogen (secondary N) is 1. The van der Waals surface area contributed by atoms with Crippen LogP contribution in [0.25, 0.3) is 20.2 Å². The monoisotopic (exact) mass is 411 g/mol. The Bertz CT molecular complexity index is 1120. The Kier molecular flexibility index (Phi) is 5.47. The Balaban J connectivity index is 1.73. The van der Waals surface area contributed by atoms with E-state index in [0.717, 1.165) is 33.3 Å². The number of rotatable bonds is 4. The molecule has 1 aliphatic carbocycles. The van der Waals surface area contributed by atoms with Gasteiger partial charge in [0.2, 0.25) is 5.91 Å². The Hall–Kier alpha value is -2.21. The number of amides is 1. The van der Waals surface area contributed by atoms with Crippen LogP contribution in [0.15, 0.2) is 29.1 Å². The van der Waals surface area contributed by atoms with Gasteiger partial charge in [-0.05, 0) is 37.7 Å². The van der Waals surface area contributed by atoms with Gasteiger partial charge in [-0.15, -0.1) is 11.3 Å². The van der Waals surface area contributed by atoms with Gasteiger partial charge in [-0.3, -0.25) is 9.59 Å². The predicted molar refractivity (Wildman–Crippen MR) is 120 cm³/mol. The van der Waals surface area contributed by atoms with Crippen LogP contribution in [0.1, 0.15) is 58.2 Å². The van der Waals surface area contributed by atoms with E-state index in [-0.39, 0.29) is 17.5 Å². The minimum Gasteiger partial charge on any atom is -0.351 e. The molecular weight excluding hydrogens is 382 g/mol. The average Bonchev–Trinajstić information content (AvgIpc) is 3.10. The van der Waals surface area contributed by atoms with Crippen molar-refractivity contribution >= 4 is 37.4 Å². The number of benzene rings is 1. The van der Waals surface area contributed by atoms with Crippen LogP contribution in [0.5, 0.6) is 0 Å². The Morgan fingerprint density at radius 1 is 1.31 bits per heavy atom. The van der Waals surface area contributed by atoms with Crippen LogP contribution in [-0.2, 0) is 4.79 Å². The second-order valence-corrected chi connectivity index (χ2v) is 9.50. The SMILES string of the molecule is CC[C@H](C(=O)N[C@@H]1CCC[C@H](C)[C@H]1C)n1nc(C)c2sc3ccccc3c2c1=O. The van der Waals surface area contributed by atoms with Crippen molar-refractivity contribution in [3.63, 3.8) is 0 Å². The van der Waals surface area contributed by atoms with E-state index in [1.54, 1.807) is 11.3 Å². The van der Waals surface area contributed by atoms with E-state index in [4.69, 9.17) is 0 Å². The van der Waals surface area contributed by atoms with E-state index in [9.17, 15) is 9.59 Å². The van der Waals surface area contributed by atoms with Gasteiger partial charge < -0.3 is 5.32 Å². The predicted octanol–water partition coefficient (Wildman–Crippen LogP) is 4.81. The first-order valence-corrected chi connectivity index (χ1v) is 11.4. The quantitative estimate of drug-likeness (QED) is 0.670. The summed E-state index contributed by atoms with van der Waals surface area (Å²) in [5.74, 6) is 0.956. The van der Waals surface area contributed by atoms with Crippen molar-refractivity contribution in [2.75, 3.05) is 0 Å². The highest BCUT2D eigenvalue weighted by atomic mass is 32.1. The summed E-state index contributed by atoms with van der Waals surface area (Å²) in [6.07, 6.45) is 3.88. The number of hydrogen-bond donors (Lipinski definition) is 1. The average molecular weight is 412 g/mol. The van der Waals surface area contributed by atoms with Crippen LogP contribution < -0.4 is 10.9 Å². The number of carbonyl (C=O) groups is 1. The summed E-state index contributed by atoms with van der Waals surface area (Å²) < 4.78 is 3.41. The lowest BCUT2D eigenvalue weighted by Crippen LogP contribution is -2.47. The third-order valence-electron chi connectivity index (χ3n) is 6.62. The van der Waals surface area contributed by atoms with E-state index in [0.29, 0.717) is 23.6 Å². The van der Waals surface area contributed by atoms with Crippen LogP contribution in [0, 0.1) is 18.8 Å². The highest BCUT2D eigenvalue weighted by Gasteiger charge is 2.31. The Labute approximate surface area is 175 Å². The highest BCUT2D eigenvalue weighted by molar-refractivity contribution is 7.26. The molecule has 6 heteroatoms. The smallest absolute Gasteiger partial charge is 0.276 e. The normalized spacial score (nSPS) is 23.4. The molecule has 0 saturated heterocycles. The number of carbonyl (C=O) groups excluding carboxylic acids is 1. The summed E-state index contributed by atoms with van der Waals surface area (Å²) >= 11 is 1.59. The van der Waals surface area contributed by atoms with Gasteiger partial charge in [0.15, 0.2) is 0 Å². The minimum atomic E-state index is -0.589. The molecule has 0 unspecified atom stereocenters. The zero-order chi connectivity index (χ0) is 20.7. The Morgan fingerprint density at radius 2 is 2.07 bits per heavy atom. The lowest BCUT2D eigenvalue weighted by molar-refractivity contribution is -0.126. The van der Waals surface area contributed by atoms with Crippen LogP contribution in [0.4, 0.5) is 0 Å². The molecule has 3 aromatic rings. The van der Waals surface area contributed by atoms with Gasteiger partial charge in [-0.25, -0.2) is 4.68 Å².